The molecule has 0 saturated carbocycles. The van der Waals surface area contributed by atoms with Crippen LogP contribution in [0.4, 0.5) is 5.82 Å². The van der Waals surface area contributed by atoms with Crippen LogP contribution in [0.15, 0.2) is 40.8 Å². The minimum absolute atomic E-state index is 0.397. The molecular formula is C22H32N6OS. The van der Waals surface area contributed by atoms with Crippen molar-refractivity contribution in [1.82, 2.24) is 20.5 Å². The second kappa shape index (κ2) is 10.7. The highest BCUT2D eigenvalue weighted by Crippen LogP contribution is 2.27. The van der Waals surface area contributed by atoms with Crippen molar-refractivity contribution in [2.75, 3.05) is 57.9 Å². The molecule has 1 atom stereocenters. The summed E-state index contributed by atoms with van der Waals surface area (Å²) in [5.74, 6) is 1.87. The van der Waals surface area contributed by atoms with Crippen LogP contribution in [0, 0.1) is 0 Å². The highest BCUT2D eigenvalue weighted by Gasteiger charge is 2.24. The normalized spacial score (nSPS) is 19.1. The zero-order chi connectivity index (χ0) is 20.6. The number of anilines is 1. The van der Waals surface area contributed by atoms with Gasteiger partial charge >= 0.3 is 0 Å². The number of guanidine groups is 1. The predicted octanol–water partition coefficient (Wildman–Crippen LogP) is 2.48. The third kappa shape index (κ3) is 5.30. The number of pyridine rings is 1. The molecule has 4 heterocycles. The van der Waals surface area contributed by atoms with E-state index in [4.69, 9.17) is 4.74 Å². The van der Waals surface area contributed by atoms with Crippen LogP contribution in [-0.2, 0) is 11.3 Å². The van der Waals surface area contributed by atoms with Gasteiger partial charge in [0, 0.05) is 49.9 Å². The fraction of sp³-hybridized carbons (Fsp3) is 0.545. The Hall–Kier alpha value is -2.16. The molecule has 0 aliphatic carbocycles. The van der Waals surface area contributed by atoms with E-state index in [1.807, 2.05) is 30.6 Å². The summed E-state index contributed by atoms with van der Waals surface area (Å²) in [7, 11) is 1.83. The highest BCUT2D eigenvalue weighted by molar-refractivity contribution is 7.10. The van der Waals surface area contributed by atoms with Crippen LogP contribution in [0.2, 0.25) is 0 Å². The first-order valence-corrected chi connectivity index (χ1v) is 11.7. The third-order valence-electron chi connectivity index (χ3n) is 5.76. The number of thiophene rings is 1. The second-order valence-corrected chi connectivity index (χ2v) is 8.65. The number of ether oxygens (including phenoxy) is 1. The first-order chi connectivity index (χ1) is 14.8. The van der Waals surface area contributed by atoms with Gasteiger partial charge in [0.1, 0.15) is 5.82 Å². The van der Waals surface area contributed by atoms with Crippen LogP contribution in [0.25, 0.3) is 0 Å². The Balaban J connectivity index is 1.36. The van der Waals surface area contributed by atoms with E-state index < -0.39 is 0 Å². The lowest BCUT2D eigenvalue weighted by Gasteiger charge is -2.30. The molecule has 8 heteroatoms. The molecule has 0 spiro atoms. The van der Waals surface area contributed by atoms with E-state index in [-0.39, 0.29) is 0 Å². The van der Waals surface area contributed by atoms with Crippen LogP contribution in [-0.4, -0.2) is 68.8 Å². The summed E-state index contributed by atoms with van der Waals surface area (Å²) in [5, 5.41) is 9.20. The van der Waals surface area contributed by atoms with E-state index in [0.717, 1.165) is 44.6 Å². The summed E-state index contributed by atoms with van der Waals surface area (Å²) in [6.07, 6.45) is 4.45. The molecule has 0 radical (unpaired) electrons. The molecule has 0 aromatic carbocycles. The Labute approximate surface area is 183 Å². The Morgan fingerprint density at radius 1 is 1.17 bits per heavy atom. The molecule has 162 valence electrons. The minimum Gasteiger partial charge on any atom is -0.378 e. The van der Waals surface area contributed by atoms with E-state index in [2.05, 4.69) is 54.0 Å². The lowest BCUT2D eigenvalue weighted by Crippen LogP contribution is -2.42. The number of nitrogens with zero attached hydrogens (tertiary/aromatic N) is 4. The number of hydrogen-bond acceptors (Lipinski definition) is 6. The molecule has 1 unspecified atom stereocenters. The molecule has 2 fully saturated rings. The molecule has 30 heavy (non-hydrogen) atoms. The van der Waals surface area contributed by atoms with E-state index in [1.165, 1.54) is 36.4 Å². The van der Waals surface area contributed by atoms with Crippen molar-refractivity contribution in [3.05, 3.63) is 46.3 Å². The van der Waals surface area contributed by atoms with Crippen LogP contribution >= 0.6 is 11.3 Å². The van der Waals surface area contributed by atoms with Crippen LogP contribution in [0.5, 0.6) is 0 Å². The van der Waals surface area contributed by atoms with Gasteiger partial charge < -0.3 is 20.3 Å². The molecule has 7 nitrogen and oxygen atoms in total. The van der Waals surface area contributed by atoms with Gasteiger partial charge in [0.2, 0.25) is 0 Å². The molecular weight excluding hydrogens is 396 g/mol. The van der Waals surface area contributed by atoms with Crippen LogP contribution in [0.1, 0.15) is 29.3 Å². The van der Waals surface area contributed by atoms with Gasteiger partial charge in [-0.15, -0.1) is 11.3 Å². The van der Waals surface area contributed by atoms with Gasteiger partial charge in [0.15, 0.2) is 5.96 Å². The number of likely N-dealkylation sites (tertiary alicyclic amines) is 1. The van der Waals surface area contributed by atoms with Crippen molar-refractivity contribution in [2.24, 2.45) is 4.99 Å². The van der Waals surface area contributed by atoms with Gasteiger partial charge in [-0.1, -0.05) is 12.1 Å². The monoisotopic (exact) mass is 428 g/mol. The van der Waals surface area contributed by atoms with Crippen LogP contribution < -0.4 is 15.5 Å². The highest BCUT2D eigenvalue weighted by atomic mass is 32.1. The van der Waals surface area contributed by atoms with Crippen LogP contribution in [0.3, 0.4) is 0 Å². The standard InChI is InChI=1S/C22H32N6OS/c1-23-22(26-17-19(20-7-5-15-30-20)27-9-2-3-10-27)25-16-18-6-4-8-24-21(18)28-11-13-29-14-12-28/h4-8,15,19H,2-3,9-14,16-17H2,1H3,(H2,23,25,26). The zero-order valence-corrected chi connectivity index (χ0v) is 18.5. The number of hydrogen-bond donors (Lipinski definition) is 2. The predicted molar refractivity (Wildman–Crippen MR) is 123 cm³/mol. The maximum atomic E-state index is 5.49. The number of aliphatic imine (C=N–C) groups is 1. The first kappa shape index (κ1) is 21.1. The Morgan fingerprint density at radius 2 is 2.00 bits per heavy atom. The quantitative estimate of drug-likeness (QED) is 0.522. The minimum atomic E-state index is 0.397. The summed E-state index contributed by atoms with van der Waals surface area (Å²) in [6.45, 7) is 7.17. The summed E-state index contributed by atoms with van der Waals surface area (Å²) in [5.41, 5.74) is 1.18. The smallest absolute Gasteiger partial charge is 0.191 e. The van der Waals surface area contributed by atoms with Gasteiger partial charge in [0.05, 0.1) is 19.3 Å². The average molecular weight is 429 g/mol. The second-order valence-electron chi connectivity index (χ2n) is 7.67. The summed E-state index contributed by atoms with van der Waals surface area (Å²) in [6, 6.07) is 8.92. The topological polar surface area (TPSA) is 65.0 Å². The number of nitrogens with one attached hydrogen (secondary N) is 2. The lowest BCUT2D eigenvalue weighted by atomic mass is 10.2. The maximum Gasteiger partial charge on any atom is 0.191 e. The fourth-order valence-electron chi connectivity index (χ4n) is 4.16. The van der Waals surface area contributed by atoms with E-state index in [9.17, 15) is 0 Å². The Morgan fingerprint density at radius 3 is 2.73 bits per heavy atom. The van der Waals surface area contributed by atoms with Gasteiger partial charge in [-0.25, -0.2) is 4.98 Å². The number of rotatable bonds is 7. The molecule has 0 bridgehead atoms. The first-order valence-electron chi connectivity index (χ1n) is 10.8. The van der Waals surface area contributed by atoms with Crippen molar-refractivity contribution < 1.29 is 4.74 Å². The maximum absolute atomic E-state index is 5.49. The molecule has 2 N–H and O–H groups in total. The average Bonchev–Trinajstić information content (AvgIpc) is 3.52. The molecule has 2 aliphatic heterocycles. The van der Waals surface area contributed by atoms with Crippen molar-refractivity contribution in [3.8, 4) is 0 Å². The van der Waals surface area contributed by atoms with Gasteiger partial charge in [-0.3, -0.25) is 9.89 Å². The van der Waals surface area contributed by atoms with Crippen molar-refractivity contribution in [1.29, 1.82) is 0 Å². The Bertz CT molecular complexity index is 800. The molecule has 2 aliphatic rings. The van der Waals surface area contributed by atoms with Gasteiger partial charge in [0.25, 0.3) is 0 Å². The van der Waals surface area contributed by atoms with E-state index in [0.29, 0.717) is 12.6 Å². The fourth-order valence-corrected chi connectivity index (χ4v) is 5.03. The van der Waals surface area contributed by atoms with Crippen molar-refractivity contribution in [2.45, 2.75) is 25.4 Å². The van der Waals surface area contributed by atoms with Crippen molar-refractivity contribution in [3.63, 3.8) is 0 Å². The molecule has 2 saturated heterocycles. The number of morpholine rings is 1. The Kier molecular flexibility index (Phi) is 7.55. The largest absolute Gasteiger partial charge is 0.378 e. The third-order valence-corrected chi connectivity index (χ3v) is 6.74. The van der Waals surface area contributed by atoms with E-state index >= 15 is 0 Å². The lowest BCUT2D eigenvalue weighted by molar-refractivity contribution is 0.122. The molecule has 0 amide bonds. The SMILES string of the molecule is CN=C(NCc1cccnc1N1CCOCC1)NCC(c1cccs1)N1CCCC1. The summed E-state index contributed by atoms with van der Waals surface area (Å²) in [4.78, 5) is 15.4. The van der Waals surface area contributed by atoms with Gasteiger partial charge in [-0.05, 0) is 43.4 Å². The van der Waals surface area contributed by atoms with Crippen molar-refractivity contribution >= 4 is 23.1 Å². The molecule has 2 aromatic heterocycles. The van der Waals surface area contributed by atoms with Gasteiger partial charge in [-0.2, -0.15) is 0 Å². The number of aromatic nitrogens is 1. The molecule has 4 rings (SSSR count). The summed E-state index contributed by atoms with van der Waals surface area (Å²) >= 11 is 1.84. The molecule has 2 aromatic rings. The summed E-state index contributed by atoms with van der Waals surface area (Å²) < 4.78 is 5.49. The zero-order valence-electron chi connectivity index (χ0n) is 17.7. The van der Waals surface area contributed by atoms with E-state index in [1.54, 1.807) is 0 Å².